The number of anilines is 2. The molecular formula is C14H11N3OS. The Balaban J connectivity index is 1.83. The van der Waals surface area contributed by atoms with Gasteiger partial charge in [0.05, 0.1) is 16.2 Å². The van der Waals surface area contributed by atoms with Crippen molar-refractivity contribution in [2.24, 2.45) is 0 Å². The van der Waals surface area contributed by atoms with Gasteiger partial charge >= 0.3 is 6.03 Å². The SMILES string of the molecule is O=C(Nc1cccs1)Nc1cccc2cccnc12. The third-order valence-electron chi connectivity index (χ3n) is 2.64. The summed E-state index contributed by atoms with van der Waals surface area (Å²) in [4.78, 5) is 16.2. The summed E-state index contributed by atoms with van der Waals surface area (Å²) in [6.07, 6.45) is 1.71. The normalized spacial score (nSPS) is 10.3. The standard InChI is InChI=1S/C14H11N3OS/c18-14(17-12-7-3-9-19-12)16-11-6-1-4-10-5-2-8-15-13(10)11/h1-9H,(H2,16,17,18). The van der Waals surface area contributed by atoms with Crippen LogP contribution in [0.2, 0.25) is 0 Å². The van der Waals surface area contributed by atoms with Crippen molar-refractivity contribution in [1.82, 2.24) is 4.98 Å². The molecule has 0 bridgehead atoms. The van der Waals surface area contributed by atoms with Crippen LogP contribution in [-0.2, 0) is 0 Å². The second-order valence-corrected chi connectivity index (χ2v) is 4.88. The number of carbonyl (C=O) groups excluding carboxylic acids is 1. The van der Waals surface area contributed by atoms with Gasteiger partial charge in [-0.1, -0.05) is 18.2 Å². The van der Waals surface area contributed by atoms with E-state index in [4.69, 9.17) is 0 Å². The van der Waals surface area contributed by atoms with E-state index in [1.54, 1.807) is 6.20 Å². The Morgan fingerprint density at radius 1 is 1.05 bits per heavy atom. The topological polar surface area (TPSA) is 54.0 Å². The van der Waals surface area contributed by atoms with Gasteiger partial charge in [-0.15, -0.1) is 11.3 Å². The maximum absolute atomic E-state index is 11.9. The van der Waals surface area contributed by atoms with Crippen LogP contribution in [0.5, 0.6) is 0 Å². The molecule has 0 unspecified atom stereocenters. The van der Waals surface area contributed by atoms with Gasteiger partial charge in [0.1, 0.15) is 0 Å². The molecule has 3 rings (SSSR count). The van der Waals surface area contributed by atoms with Crippen LogP contribution in [0.1, 0.15) is 0 Å². The summed E-state index contributed by atoms with van der Waals surface area (Å²) in [5, 5.41) is 9.31. The average Bonchev–Trinajstić information content (AvgIpc) is 2.92. The third kappa shape index (κ3) is 2.56. The first kappa shape index (κ1) is 11.7. The highest BCUT2D eigenvalue weighted by atomic mass is 32.1. The minimum atomic E-state index is -0.263. The number of pyridine rings is 1. The summed E-state index contributed by atoms with van der Waals surface area (Å²) in [6.45, 7) is 0. The van der Waals surface area contributed by atoms with E-state index >= 15 is 0 Å². The summed E-state index contributed by atoms with van der Waals surface area (Å²) in [6, 6.07) is 13.0. The number of carbonyl (C=O) groups is 1. The van der Waals surface area contributed by atoms with E-state index in [1.165, 1.54) is 11.3 Å². The lowest BCUT2D eigenvalue weighted by Gasteiger charge is -2.08. The van der Waals surface area contributed by atoms with Gasteiger partial charge in [-0.25, -0.2) is 4.79 Å². The third-order valence-corrected chi connectivity index (χ3v) is 3.42. The minimum absolute atomic E-state index is 0.263. The summed E-state index contributed by atoms with van der Waals surface area (Å²) >= 11 is 1.48. The quantitative estimate of drug-likeness (QED) is 0.740. The zero-order valence-corrected chi connectivity index (χ0v) is 10.8. The molecule has 0 radical (unpaired) electrons. The number of amides is 2. The number of rotatable bonds is 2. The van der Waals surface area contributed by atoms with Crippen molar-refractivity contribution in [3.63, 3.8) is 0 Å². The molecule has 2 heterocycles. The molecule has 0 saturated carbocycles. The Labute approximate surface area is 114 Å². The number of hydrogen-bond donors (Lipinski definition) is 2. The summed E-state index contributed by atoms with van der Waals surface area (Å²) in [5.41, 5.74) is 1.48. The summed E-state index contributed by atoms with van der Waals surface area (Å²) < 4.78 is 0. The van der Waals surface area contributed by atoms with Gasteiger partial charge in [-0.3, -0.25) is 10.3 Å². The van der Waals surface area contributed by atoms with E-state index in [1.807, 2.05) is 47.8 Å². The Bertz CT molecular complexity index is 704. The molecule has 19 heavy (non-hydrogen) atoms. The van der Waals surface area contributed by atoms with E-state index in [0.717, 1.165) is 15.9 Å². The molecule has 0 spiro atoms. The van der Waals surface area contributed by atoms with Gasteiger partial charge < -0.3 is 5.32 Å². The maximum atomic E-state index is 11.9. The molecular weight excluding hydrogens is 258 g/mol. The number of nitrogens with zero attached hydrogens (tertiary/aromatic N) is 1. The Morgan fingerprint density at radius 2 is 1.95 bits per heavy atom. The number of benzene rings is 1. The lowest BCUT2D eigenvalue weighted by Crippen LogP contribution is -2.19. The van der Waals surface area contributed by atoms with Gasteiger partial charge in [0.15, 0.2) is 0 Å². The van der Waals surface area contributed by atoms with E-state index in [-0.39, 0.29) is 6.03 Å². The van der Waals surface area contributed by atoms with Crippen LogP contribution in [0, 0.1) is 0 Å². The number of nitrogens with one attached hydrogen (secondary N) is 2. The maximum Gasteiger partial charge on any atom is 0.324 e. The molecule has 0 saturated heterocycles. The summed E-state index contributed by atoms with van der Waals surface area (Å²) in [5.74, 6) is 0. The number of fused-ring (bicyclic) bond motifs is 1. The molecule has 1 aromatic carbocycles. The fourth-order valence-electron chi connectivity index (χ4n) is 1.82. The molecule has 2 amide bonds. The second-order valence-electron chi connectivity index (χ2n) is 3.94. The molecule has 0 atom stereocenters. The molecule has 94 valence electrons. The Kier molecular flexibility index (Phi) is 3.12. The van der Waals surface area contributed by atoms with Gasteiger partial charge in [-0.05, 0) is 29.6 Å². The Morgan fingerprint density at radius 3 is 2.79 bits per heavy atom. The molecule has 5 heteroatoms. The van der Waals surface area contributed by atoms with E-state index in [2.05, 4.69) is 15.6 Å². The van der Waals surface area contributed by atoms with E-state index in [0.29, 0.717) is 5.69 Å². The zero-order valence-electron chi connectivity index (χ0n) is 9.96. The largest absolute Gasteiger partial charge is 0.324 e. The van der Waals surface area contributed by atoms with Crippen molar-refractivity contribution in [3.05, 3.63) is 54.0 Å². The van der Waals surface area contributed by atoms with Crippen LogP contribution in [0.4, 0.5) is 15.5 Å². The van der Waals surface area contributed by atoms with Crippen LogP contribution >= 0.6 is 11.3 Å². The molecule has 0 fully saturated rings. The number of aromatic nitrogens is 1. The minimum Gasteiger partial charge on any atom is -0.306 e. The highest BCUT2D eigenvalue weighted by molar-refractivity contribution is 7.14. The van der Waals surface area contributed by atoms with Gasteiger partial charge in [-0.2, -0.15) is 0 Å². The number of hydrogen-bond acceptors (Lipinski definition) is 3. The van der Waals surface area contributed by atoms with Gasteiger partial charge in [0.2, 0.25) is 0 Å². The molecule has 2 aromatic heterocycles. The monoisotopic (exact) mass is 269 g/mol. The number of urea groups is 1. The predicted octanol–water partition coefficient (Wildman–Crippen LogP) is 3.94. The fraction of sp³-hybridized carbons (Fsp3) is 0. The molecule has 0 aliphatic carbocycles. The van der Waals surface area contributed by atoms with Gasteiger partial charge in [0, 0.05) is 11.6 Å². The molecule has 0 aliphatic heterocycles. The highest BCUT2D eigenvalue weighted by Gasteiger charge is 2.06. The first-order valence-electron chi connectivity index (χ1n) is 5.78. The molecule has 0 aliphatic rings. The second kappa shape index (κ2) is 5.07. The Hall–Kier alpha value is -2.40. The molecule has 3 aromatic rings. The van der Waals surface area contributed by atoms with E-state index in [9.17, 15) is 4.79 Å². The van der Waals surface area contributed by atoms with Crippen LogP contribution in [-0.4, -0.2) is 11.0 Å². The number of thiophene rings is 1. The van der Waals surface area contributed by atoms with Crippen molar-refractivity contribution in [1.29, 1.82) is 0 Å². The van der Waals surface area contributed by atoms with Crippen molar-refractivity contribution >= 4 is 39.0 Å². The summed E-state index contributed by atoms with van der Waals surface area (Å²) in [7, 11) is 0. The highest BCUT2D eigenvalue weighted by Crippen LogP contribution is 2.21. The average molecular weight is 269 g/mol. The predicted molar refractivity (Wildman–Crippen MR) is 78.7 cm³/mol. The smallest absolute Gasteiger partial charge is 0.306 e. The van der Waals surface area contributed by atoms with Crippen LogP contribution in [0.25, 0.3) is 10.9 Å². The first-order chi connectivity index (χ1) is 9.33. The zero-order chi connectivity index (χ0) is 13.1. The van der Waals surface area contributed by atoms with E-state index < -0.39 is 0 Å². The molecule has 2 N–H and O–H groups in total. The van der Waals surface area contributed by atoms with Crippen molar-refractivity contribution in [2.45, 2.75) is 0 Å². The lowest BCUT2D eigenvalue weighted by molar-refractivity contribution is 0.262. The van der Waals surface area contributed by atoms with Gasteiger partial charge in [0.25, 0.3) is 0 Å². The number of para-hydroxylation sites is 1. The van der Waals surface area contributed by atoms with Crippen molar-refractivity contribution < 1.29 is 4.79 Å². The van der Waals surface area contributed by atoms with Crippen LogP contribution in [0.15, 0.2) is 54.0 Å². The lowest BCUT2D eigenvalue weighted by atomic mass is 10.2. The fourth-order valence-corrected chi connectivity index (χ4v) is 2.43. The molecule has 4 nitrogen and oxygen atoms in total. The first-order valence-corrected chi connectivity index (χ1v) is 6.66. The van der Waals surface area contributed by atoms with Crippen molar-refractivity contribution in [2.75, 3.05) is 10.6 Å². The van der Waals surface area contributed by atoms with Crippen molar-refractivity contribution in [3.8, 4) is 0 Å². The van der Waals surface area contributed by atoms with Crippen LogP contribution in [0.3, 0.4) is 0 Å². The van der Waals surface area contributed by atoms with Crippen LogP contribution < -0.4 is 10.6 Å².